The Labute approximate surface area is 120 Å². The minimum absolute atomic E-state index is 0.195. The fourth-order valence-corrected chi connectivity index (χ4v) is 2.09. The summed E-state index contributed by atoms with van der Waals surface area (Å²) in [4.78, 5) is 11.5. The molecule has 0 fully saturated rings. The highest BCUT2D eigenvalue weighted by molar-refractivity contribution is 5.66. The summed E-state index contributed by atoms with van der Waals surface area (Å²) in [6.07, 6.45) is -4.67. The van der Waals surface area contributed by atoms with Gasteiger partial charge in [-0.2, -0.15) is 13.2 Å². The van der Waals surface area contributed by atoms with E-state index in [9.17, 15) is 31.1 Å². The summed E-state index contributed by atoms with van der Waals surface area (Å²) in [6, 6.07) is 2.79. The molecule has 0 atom stereocenters. The smallest absolute Gasteiger partial charge is 0.303 e. The van der Waals surface area contributed by atoms with Crippen LogP contribution in [0.1, 0.15) is 5.69 Å². The first kappa shape index (κ1) is 16.1. The van der Waals surface area contributed by atoms with Crippen LogP contribution in [-0.2, 0) is 6.54 Å². The molecule has 0 amide bonds. The van der Waals surface area contributed by atoms with Gasteiger partial charge in [-0.3, -0.25) is 4.79 Å². The van der Waals surface area contributed by atoms with Crippen molar-refractivity contribution >= 4 is 0 Å². The van der Waals surface area contributed by atoms with Crippen molar-refractivity contribution in [2.24, 2.45) is 0 Å². The van der Waals surface area contributed by atoms with Crippen molar-refractivity contribution in [2.75, 3.05) is 0 Å². The molecule has 1 aromatic heterocycles. The van der Waals surface area contributed by atoms with Gasteiger partial charge in [-0.1, -0.05) is 0 Å². The van der Waals surface area contributed by atoms with Gasteiger partial charge in [0.15, 0.2) is 11.6 Å². The molecule has 0 saturated heterocycles. The van der Waals surface area contributed by atoms with E-state index in [0.717, 1.165) is 19.1 Å². The Hall–Kier alpha value is -2.25. The first-order valence-corrected chi connectivity index (χ1v) is 6.02. The first-order valence-electron chi connectivity index (χ1n) is 6.02. The molecule has 2 nitrogen and oxygen atoms in total. The van der Waals surface area contributed by atoms with Crippen LogP contribution < -0.4 is 5.56 Å². The summed E-state index contributed by atoms with van der Waals surface area (Å²) in [5, 5.41) is 0. The van der Waals surface area contributed by atoms with Gasteiger partial charge in [0.05, 0.1) is 0 Å². The second kappa shape index (κ2) is 5.51. The first-order chi connectivity index (χ1) is 10.1. The average Bonchev–Trinajstić information content (AvgIpc) is 2.38. The van der Waals surface area contributed by atoms with E-state index < -0.39 is 41.3 Å². The van der Waals surface area contributed by atoms with Crippen molar-refractivity contribution in [3.05, 3.63) is 57.8 Å². The molecule has 2 aromatic rings. The van der Waals surface area contributed by atoms with Gasteiger partial charge < -0.3 is 4.57 Å². The van der Waals surface area contributed by atoms with Gasteiger partial charge in [0.25, 0.3) is 5.56 Å². The summed E-state index contributed by atoms with van der Waals surface area (Å²) in [6.45, 7) is -0.435. The second-order valence-electron chi connectivity index (χ2n) is 4.62. The van der Waals surface area contributed by atoms with Crippen LogP contribution in [0.2, 0.25) is 0 Å². The largest absolute Gasteiger partial charge is 0.406 e. The Bertz CT molecular complexity index is 778. The molecule has 8 heteroatoms. The number of hydrogen-bond donors (Lipinski definition) is 0. The Morgan fingerprint density at radius 3 is 2.27 bits per heavy atom. The maximum atomic E-state index is 13.8. The van der Waals surface area contributed by atoms with E-state index in [2.05, 4.69) is 0 Å². The van der Waals surface area contributed by atoms with Crippen LogP contribution >= 0.6 is 0 Å². The normalized spacial score (nSPS) is 11.8. The molecular formula is C14H9F6NO. The summed E-state index contributed by atoms with van der Waals surface area (Å²) in [5.41, 5.74) is -1.93. The number of halogens is 6. The Balaban J connectivity index is 2.69. The summed E-state index contributed by atoms with van der Waals surface area (Å²) < 4.78 is 78.1. The third kappa shape index (κ3) is 3.15. The zero-order chi connectivity index (χ0) is 16.7. The second-order valence-corrected chi connectivity index (χ2v) is 4.62. The lowest BCUT2D eigenvalue weighted by Crippen LogP contribution is -2.29. The number of alkyl halides is 3. The van der Waals surface area contributed by atoms with E-state index in [0.29, 0.717) is 16.7 Å². The molecule has 118 valence electrons. The van der Waals surface area contributed by atoms with Crippen molar-refractivity contribution in [2.45, 2.75) is 19.6 Å². The van der Waals surface area contributed by atoms with Gasteiger partial charge in [-0.25, -0.2) is 13.2 Å². The van der Waals surface area contributed by atoms with E-state index in [4.69, 9.17) is 0 Å². The van der Waals surface area contributed by atoms with E-state index in [1.807, 2.05) is 0 Å². The van der Waals surface area contributed by atoms with Gasteiger partial charge in [-0.05, 0) is 19.1 Å². The van der Waals surface area contributed by atoms with Crippen LogP contribution in [0, 0.1) is 24.4 Å². The van der Waals surface area contributed by atoms with Crippen LogP contribution in [0.25, 0.3) is 11.1 Å². The molecule has 0 N–H and O–H groups in total. The molecule has 0 bridgehead atoms. The van der Waals surface area contributed by atoms with E-state index >= 15 is 0 Å². The summed E-state index contributed by atoms with van der Waals surface area (Å²) >= 11 is 0. The average molecular weight is 321 g/mol. The Morgan fingerprint density at radius 1 is 1.05 bits per heavy atom. The van der Waals surface area contributed by atoms with Crippen molar-refractivity contribution in [1.82, 2.24) is 4.57 Å². The van der Waals surface area contributed by atoms with Crippen molar-refractivity contribution in [3.8, 4) is 11.1 Å². The van der Waals surface area contributed by atoms with Crippen LogP contribution in [0.4, 0.5) is 26.3 Å². The Morgan fingerprint density at radius 2 is 1.68 bits per heavy atom. The molecule has 0 aliphatic rings. The number of rotatable bonds is 2. The fraction of sp³-hybridized carbons (Fsp3) is 0.214. The Kier molecular flexibility index (Phi) is 4.04. The molecule has 0 spiro atoms. The molecular weight excluding hydrogens is 312 g/mol. The molecule has 0 aliphatic carbocycles. The minimum atomic E-state index is -4.67. The van der Waals surface area contributed by atoms with Gasteiger partial charge in [0.1, 0.15) is 12.4 Å². The van der Waals surface area contributed by atoms with E-state index in [1.54, 1.807) is 0 Å². The molecule has 1 heterocycles. The lowest BCUT2D eigenvalue weighted by molar-refractivity contribution is -0.141. The monoisotopic (exact) mass is 321 g/mol. The van der Waals surface area contributed by atoms with Gasteiger partial charge in [-0.15, -0.1) is 0 Å². The maximum absolute atomic E-state index is 13.8. The van der Waals surface area contributed by atoms with E-state index in [-0.39, 0.29) is 11.3 Å². The third-order valence-corrected chi connectivity index (χ3v) is 3.07. The summed E-state index contributed by atoms with van der Waals surface area (Å²) in [5.74, 6) is -3.95. The van der Waals surface area contributed by atoms with Crippen LogP contribution in [0.5, 0.6) is 0 Å². The molecule has 2 rings (SSSR count). The van der Waals surface area contributed by atoms with Crippen LogP contribution in [-0.4, -0.2) is 10.7 Å². The molecule has 0 unspecified atom stereocenters. The molecule has 0 aliphatic heterocycles. The SMILES string of the molecule is Cc1c(-c2cc(F)cc(F)c2F)ccc(=O)n1CC(F)(F)F. The zero-order valence-electron chi connectivity index (χ0n) is 11.1. The van der Waals surface area contributed by atoms with Crippen molar-refractivity contribution in [3.63, 3.8) is 0 Å². The number of benzene rings is 1. The molecule has 22 heavy (non-hydrogen) atoms. The lowest BCUT2D eigenvalue weighted by Gasteiger charge is -2.16. The highest BCUT2D eigenvalue weighted by atomic mass is 19.4. The highest BCUT2D eigenvalue weighted by Crippen LogP contribution is 2.28. The highest BCUT2D eigenvalue weighted by Gasteiger charge is 2.29. The maximum Gasteiger partial charge on any atom is 0.406 e. The minimum Gasteiger partial charge on any atom is -0.303 e. The van der Waals surface area contributed by atoms with Gasteiger partial charge in [0.2, 0.25) is 0 Å². The quantitative estimate of drug-likeness (QED) is 0.609. The molecule has 1 aromatic carbocycles. The summed E-state index contributed by atoms with van der Waals surface area (Å²) in [7, 11) is 0. The topological polar surface area (TPSA) is 22.0 Å². The molecule has 0 radical (unpaired) electrons. The lowest BCUT2D eigenvalue weighted by atomic mass is 10.0. The number of nitrogens with zero attached hydrogens (tertiary/aromatic N) is 1. The zero-order valence-corrected chi connectivity index (χ0v) is 11.1. The number of hydrogen-bond acceptors (Lipinski definition) is 1. The van der Waals surface area contributed by atoms with Crippen LogP contribution in [0.15, 0.2) is 29.1 Å². The standard InChI is InChI=1S/C14H9F6NO/c1-7-9(10-4-8(15)5-11(16)13(10)17)2-3-12(22)21(7)6-14(18,19)20/h2-5H,6H2,1H3. The van der Waals surface area contributed by atoms with Crippen molar-refractivity contribution < 1.29 is 26.3 Å². The van der Waals surface area contributed by atoms with Crippen molar-refractivity contribution in [1.29, 1.82) is 0 Å². The number of pyridine rings is 1. The van der Waals surface area contributed by atoms with E-state index in [1.165, 1.54) is 0 Å². The molecule has 0 saturated carbocycles. The number of aromatic nitrogens is 1. The van der Waals surface area contributed by atoms with Crippen LogP contribution in [0.3, 0.4) is 0 Å². The predicted octanol–water partition coefficient (Wildman–Crippen LogP) is 3.80. The predicted molar refractivity (Wildman–Crippen MR) is 66.8 cm³/mol. The third-order valence-electron chi connectivity index (χ3n) is 3.07. The van der Waals surface area contributed by atoms with Gasteiger partial charge >= 0.3 is 6.18 Å². The fourth-order valence-electron chi connectivity index (χ4n) is 2.09. The van der Waals surface area contributed by atoms with Gasteiger partial charge in [0, 0.05) is 29.0 Å².